The van der Waals surface area contributed by atoms with E-state index in [0.29, 0.717) is 29.3 Å². The number of halogens is 2. The predicted octanol–water partition coefficient (Wildman–Crippen LogP) is 4.91. The van der Waals surface area contributed by atoms with Gasteiger partial charge in [-0.15, -0.1) is 0 Å². The highest BCUT2D eigenvalue weighted by Crippen LogP contribution is 2.30. The third-order valence-electron chi connectivity index (χ3n) is 5.64. The number of hydrogen-bond donors (Lipinski definition) is 2. The molecular weight excluding hydrogens is 473 g/mol. The van der Waals surface area contributed by atoms with Crippen LogP contribution in [0.1, 0.15) is 36.1 Å². The maximum atomic E-state index is 12.8. The minimum atomic E-state index is -0.850. The minimum Gasteiger partial charge on any atom is -0.467 e. The Balaban J connectivity index is 1.59. The molecule has 8 heteroatoms. The summed E-state index contributed by atoms with van der Waals surface area (Å²) in [6, 6.07) is 13.2. The van der Waals surface area contributed by atoms with Crippen LogP contribution in [0.3, 0.4) is 0 Å². The number of nitrogens with zero attached hydrogens (tertiary/aromatic N) is 1. The highest BCUT2D eigenvalue weighted by atomic mass is 35.5. The number of carbonyl (C=O) groups excluding carboxylic acids is 2. The van der Waals surface area contributed by atoms with Gasteiger partial charge in [-0.1, -0.05) is 59.6 Å². The molecule has 1 heterocycles. The summed E-state index contributed by atoms with van der Waals surface area (Å²) >= 11 is 12.4. The Morgan fingerprint density at radius 3 is 2.50 bits per heavy atom. The van der Waals surface area contributed by atoms with Crippen molar-refractivity contribution in [2.45, 2.75) is 44.6 Å². The monoisotopic (exact) mass is 501 g/mol. The number of rotatable bonds is 10. The summed E-state index contributed by atoms with van der Waals surface area (Å²) in [6.45, 7) is 0. The van der Waals surface area contributed by atoms with Crippen LogP contribution in [0.4, 0.5) is 5.82 Å². The number of ether oxygens (including phenoxy) is 1. The summed E-state index contributed by atoms with van der Waals surface area (Å²) in [5, 5.41) is 6.48. The lowest BCUT2D eigenvalue weighted by Crippen LogP contribution is -2.44. The molecule has 0 unspecified atom stereocenters. The van der Waals surface area contributed by atoms with Crippen LogP contribution < -0.4 is 10.6 Å². The molecule has 0 saturated carbocycles. The van der Waals surface area contributed by atoms with E-state index >= 15 is 0 Å². The second-order valence-electron chi connectivity index (χ2n) is 8.06. The molecule has 0 spiro atoms. The number of anilines is 1. The van der Waals surface area contributed by atoms with E-state index in [9.17, 15) is 9.59 Å². The average Bonchev–Trinajstić information content (AvgIpc) is 2.84. The quantitative estimate of drug-likeness (QED) is 0.452. The van der Waals surface area contributed by atoms with E-state index in [1.165, 1.54) is 12.7 Å². The van der Waals surface area contributed by atoms with Crippen molar-refractivity contribution in [2.24, 2.45) is 0 Å². The largest absolute Gasteiger partial charge is 0.467 e. The number of methoxy groups -OCH3 is 1. The number of aryl methyl sites for hydroxylation is 2. The van der Waals surface area contributed by atoms with Crippen molar-refractivity contribution in [3.63, 3.8) is 0 Å². The van der Waals surface area contributed by atoms with Crippen molar-refractivity contribution < 1.29 is 14.3 Å². The van der Waals surface area contributed by atoms with E-state index in [1.54, 1.807) is 6.08 Å². The van der Waals surface area contributed by atoms with Gasteiger partial charge >= 0.3 is 5.97 Å². The Hall–Kier alpha value is -2.83. The van der Waals surface area contributed by atoms with Crippen LogP contribution in [-0.4, -0.2) is 37.1 Å². The second-order valence-corrected chi connectivity index (χ2v) is 8.92. The third-order valence-corrected chi connectivity index (χ3v) is 6.36. The SMILES string of the molecule is CNc1cccc(CCCc2ccc(C[C@H](NC(=O)C3=C(Cl)CCC=C3Cl)C(=O)OC)cc2)n1. The number of aromatic nitrogens is 1. The van der Waals surface area contributed by atoms with Crippen molar-refractivity contribution in [1.29, 1.82) is 0 Å². The zero-order chi connectivity index (χ0) is 24.5. The van der Waals surface area contributed by atoms with E-state index in [2.05, 4.69) is 15.6 Å². The summed E-state index contributed by atoms with van der Waals surface area (Å²) in [5.74, 6) is -0.135. The molecule has 180 valence electrons. The topological polar surface area (TPSA) is 80.3 Å². The molecule has 1 aliphatic rings. The fourth-order valence-electron chi connectivity index (χ4n) is 3.79. The van der Waals surface area contributed by atoms with Crippen LogP contribution in [0.5, 0.6) is 0 Å². The molecule has 34 heavy (non-hydrogen) atoms. The van der Waals surface area contributed by atoms with Gasteiger partial charge in [-0.25, -0.2) is 9.78 Å². The van der Waals surface area contributed by atoms with Crippen LogP contribution in [0.25, 0.3) is 0 Å². The Kier molecular flexibility index (Phi) is 9.54. The molecule has 1 aliphatic carbocycles. The fraction of sp³-hybridized carbons (Fsp3) is 0.346. The maximum absolute atomic E-state index is 12.8. The first kappa shape index (κ1) is 25.8. The summed E-state index contributed by atoms with van der Waals surface area (Å²) in [6.07, 6.45) is 6.06. The molecule has 2 aromatic rings. The van der Waals surface area contributed by atoms with E-state index < -0.39 is 17.9 Å². The molecular formula is C26H29Cl2N3O3. The average molecular weight is 502 g/mol. The normalized spacial score (nSPS) is 14.3. The first-order valence-corrected chi connectivity index (χ1v) is 12.0. The molecule has 1 aromatic carbocycles. The number of nitrogens with one attached hydrogen (secondary N) is 2. The fourth-order valence-corrected chi connectivity index (χ4v) is 4.44. The van der Waals surface area contributed by atoms with Crippen molar-refractivity contribution in [1.82, 2.24) is 10.3 Å². The van der Waals surface area contributed by atoms with Gasteiger partial charge in [0, 0.05) is 24.2 Å². The summed E-state index contributed by atoms with van der Waals surface area (Å²) in [5.41, 5.74) is 3.38. The Morgan fingerprint density at radius 2 is 1.82 bits per heavy atom. The maximum Gasteiger partial charge on any atom is 0.328 e. The smallest absolute Gasteiger partial charge is 0.328 e. The summed E-state index contributed by atoms with van der Waals surface area (Å²) < 4.78 is 4.90. The molecule has 0 saturated heterocycles. The highest BCUT2D eigenvalue weighted by Gasteiger charge is 2.27. The van der Waals surface area contributed by atoms with Crippen LogP contribution in [0, 0.1) is 0 Å². The molecule has 0 bridgehead atoms. The second kappa shape index (κ2) is 12.6. The first-order valence-electron chi connectivity index (χ1n) is 11.3. The van der Waals surface area contributed by atoms with Crippen LogP contribution in [0.15, 0.2) is 64.2 Å². The van der Waals surface area contributed by atoms with E-state index in [1.807, 2.05) is 49.5 Å². The lowest BCUT2D eigenvalue weighted by atomic mass is 10.0. The zero-order valence-electron chi connectivity index (χ0n) is 19.4. The molecule has 2 N–H and O–H groups in total. The number of benzene rings is 1. The lowest BCUT2D eigenvalue weighted by Gasteiger charge is -2.20. The molecule has 1 amide bonds. The minimum absolute atomic E-state index is 0.216. The van der Waals surface area contributed by atoms with Gasteiger partial charge in [-0.2, -0.15) is 0 Å². The summed E-state index contributed by atoms with van der Waals surface area (Å²) in [4.78, 5) is 29.7. The number of pyridine rings is 1. The van der Waals surface area contributed by atoms with E-state index in [-0.39, 0.29) is 5.57 Å². The Bertz CT molecular complexity index is 1080. The van der Waals surface area contributed by atoms with Gasteiger partial charge in [0.2, 0.25) is 0 Å². The molecule has 1 aromatic heterocycles. The molecule has 0 fully saturated rings. The Morgan fingerprint density at radius 1 is 1.09 bits per heavy atom. The molecule has 3 rings (SSSR count). The number of carbonyl (C=O) groups is 2. The zero-order valence-corrected chi connectivity index (χ0v) is 20.9. The van der Waals surface area contributed by atoms with E-state index in [4.69, 9.17) is 27.9 Å². The van der Waals surface area contributed by atoms with Crippen molar-refractivity contribution >= 4 is 40.9 Å². The molecule has 1 atom stereocenters. The van der Waals surface area contributed by atoms with Crippen molar-refractivity contribution in [2.75, 3.05) is 19.5 Å². The van der Waals surface area contributed by atoms with Gasteiger partial charge in [0.1, 0.15) is 11.9 Å². The molecule has 0 radical (unpaired) electrons. The number of esters is 1. The van der Waals surface area contributed by atoms with Gasteiger partial charge < -0.3 is 15.4 Å². The van der Waals surface area contributed by atoms with Crippen LogP contribution in [-0.2, 0) is 33.6 Å². The number of allylic oxidation sites excluding steroid dienone is 2. The van der Waals surface area contributed by atoms with Gasteiger partial charge in [-0.3, -0.25) is 4.79 Å². The third kappa shape index (κ3) is 7.08. The van der Waals surface area contributed by atoms with Crippen molar-refractivity contribution in [3.05, 3.63) is 81.0 Å². The van der Waals surface area contributed by atoms with Gasteiger partial charge in [0.15, 0.2) is 0 Å². The van der Waals surface area contributed by atoms with E-state index in [0.717, 1.165) is 36.3 Å². The predicted molar refractivity (Wildman–Crippen MR) is 136 cm³/mol. The first-order chi connectivity index (χ1) is 16.4. The lowest BCUT2D eigenvalue weighted by molar-refractivity contribution is -0.144. The van der Waals surface area contributed by atoms with Gasteiger partial charge in [0.05, 0.1) is 17.7 Å². The Labute approximate surface area is 210 Å². The van der Waals surface area contributed by atoms with Gasteiger partial charge in [0.25, 0.3) is 5.91 Å². The van der Waals surface area contributed by atoms with Gasteiger partial charge in [-0.05, 0) is 55.4 Å². The summed E-state index contributed by atoms with van der Waals surface area (Å²) in [7, 11) is 3.16. The molecule has 6 nitrogen and oxygen atoms in total. The van der Waals surface area contributed by atoms with Crippen LogP contribution in [0.2, 0.25) is 0 Å². The number of amides is 1. The molecule has 0 aliphatic heterocycles. The highest BCUT2D eigenvalue weighted by molar-refractivity contribution is 6.40. The van der Waals surface area contributed by atoms with Crippen molar-refractivity contribution in [3.8, 4) is 0 Å². The standard InChI is InChI=1S/C26H29Cl2N3O3/c1-29-23-11-4-8-19(30-23)7-3-6-17-12-14-18(15-13-17)16-22(26(33)34-2)31-25(32)24-20(27)9-5-10-21(24)28/h4,8-9,11-15,22H,3,5-7,10,16H2,1-2H3,(H,29,30)(H,31,32)/t22-/m0/s1. The van der Waals surface area contributed by atoms with Crippen LogP contribution >= 0.6 is 23.2 Å². The number of hydrogen-bond acceptors (Lipinski definition) is 5.